The number of carbonyl (C=O) groups excluding carboxylic acids is 1. The minimum atomic E-state index is -4.42. The van der Waals surface area contributed by atoms with Gasteiger partial charge in [-0.2, -0.15) is 13.2 Å². The van der Waals surface area contributed by atoms with Crippen LogP contribution in [0.25, 0.3) is 0 Å². The number of carbonyl (C=O) groups is 1. The molecule has 3 rings (SSSR count). The summed E-state index contributed by atoms with van der Waals surface area (Å²) in [7, 11) is 1.58. The van der Waals surface area contributed by atoms with Gasteiger partial charge in [0, 0.05) is 16.8 Å². The zero-order valence-corrected chi connectivity index (χ0v) is 14.1. The molecule has 2 heterocycles. The summed E-state index contributed by atoms with van der Waals surface area (Å²) in [6, 6.07) is 1.02. The highest BCUT2D eigenvalue weighted by Crippen LogP contribution is 2.36. The lowest BCUT2D eigenvalue weighted by atomic mass is 10.0. The molecule has 124 valence electrons. The first-order chi connectivity index (χ1) is 10.9. The highest BCUT2D eigenvalue weighted by molar-refractivity contribution is 7.16. The molecule has 1 aliphatic rings. The van der Waals surface area contributed by atoms with Gasteiger partial charge in [0.05, 0.1) is 17.7 Å². The fourth-order valence-electron chi connectivity index (χ4n) is 2.57. The predicted octanol–water partition coefficient (Wildman–Crippen LogP) is 4.31. The largest absolute Gasteiger partial charge is 0.417 e. The van der Waals surface area contributed by atoms with Crippen LogP contribution in [0, 0.1) is 0 Å². The van der Waals surface area contributed by atoms with Gasteiger partial charge in [-0.1, -0.05) is 0 Å². The third kappa shape index (κ3) is 3.42. The number of hydrogen-bond acceptors (Lipinski definition) is 4. The summed E-state index contributed by atoms with van der Waals surface area (Å²) in [5.74, 6) is -0.371. The van der Waals surface area contributed by atoms with Crippen LogP contribution in [0.1, 0.15) is 33.9 Å². The number of amides is 1. The molecule has 0 radical (unpaired) electrons. The molecule has 0 saturated heterocycles. The van der Waals surface area contributed by atoms with E-state index in [2.05, 4.69) is 4.98 Å². The van der Waals surface area contributed by atoms with E-state index < -0.39 is 11.7 Å². The average molecular weight is 360 g/mol. The lowest BCUT2D eigenvalue weighted by Crippen LogP contribution is -2.28. The number of hydrogen-bond donors (Lipinski definition) is 0. The number of halogens is 3. The summed E-state index contributed by atoms with van der Waals surface area (Å²) in [5.41, 5.74) is 0.311. The first-order valence-electron chi connectivity index (χ1n) is 7.25. The monoisotopic (exact) mass is 360 g/mol. The van der Waals surface area contributed by atoms with Crippen molar-refractivity contribution in [2.75, 3.05) is 11.9 Å². The van der Waals surface area contributed by atoms with Gasteiger partial charge in [-0.25, -0.2) is 4.98 Å². The molecule has 0 bridgehead atoms. The maximum absolute atomic E-state index is 12.9. The highest BCUT2D eigenvalue weighted by atomic mass is 32.1. The third-order valence-corrected chi connectivity index (χ3v) is 6.01. The number of thiazole rings is 1. The molecule has 0 atom stereocenters. The number of nitrogens with zero attached hydrogens (tertiary/aromatic N) is 2. The van der Waals surface area contributed by atoms with E-state index in [-0.39, 0.29) is 17.2 Å². The highest BCUT2D eigenvalue weighted by Gasteiger charge is 2.35. The van der Waals surface area contributed by atoms with Gasteiger partial charge < -0.3 is 0 Å². The van der Waals surface area contributed by atoms with Crippen molar-refractivity contribution in [3.8, 4) is 0 Å². The molecule has 0 N–H and O–H groups in total. The first-order valence-corrected chi connectivity index (χ1v) is 8.94. The van der Waals surface area contributed by atoms with Crippen LogP contribution < -0.4 is 4.90 Å². The second-order valence-electron chi connectivity index (χ2n) is 5.46. The Balaban J connectivity index is 1.76. The number of rotatable bonds is 3. The number of fused-ring (bicyclic) bond motifs is 1. The quantitative estimate of drug-likeness (QED) is 0.817. The van der Waals surface area contributed by atoms with Crippen molar-refractivity contribution in [3.63, 3.8) is 0 Å². The minimum absolute atomic E-state index is 0.0515. The molecule has 8 heteroatoms. The van der Waals surface area contributed by atoms with Crippen LogP contribution in [0.4, 0.5) is 18.3 Å². The molecule has 0 saturated carbocycles. The Bertz CT molecular complexity index is 697. The summed E-state index contributed by atoms with van der Waals surface area (Å²) in [5, 5.41) is 1.94. The van der Waals surface area contributed by atoms with Crippen LogP contribution >= 0.6 is 22.7 Å². The molecular weight excluding hydrogens is 345 g/mol. The molecule has 0 fully saturated rings. The van der Waals surface area contributed by atoms with Crippen LogP contribution in [0.5, 0.6) is 0 Å². The minimum Gasteiger partial charge on any atom is -0.291 e. The van der Waals surface area contributed by atoms with Gasteiger partial charge in [0.25, 0.3) is 0 Å². The lowest BCUT2D eigenvalue weighted by molar-refractivity contribution is -0.137. The standard InChI is InChI=1S/C15H15F3N2OS2/c1-20(14-19-10-4-2-3-5-11(10)23-14)13(21)8-12-9(6-7-22-12)15(16,17)18/h6-7H,2-5,8H2,1H3. The van der Waals surface area contributed by atoms with E-state index in [1.165, 1.54) is 26.5 Å². The van der Waals surface area contributed by atoms with Crippen molar-refractivity contribution in [2.45, 2.75) is 38.3 Å². The van der Waals surface area contributed by atoms with E-state index in [0.717, 1.165) is 48.8 Å². The molecule has 2 aromatic rings. The summed E-state index contributed by atoms with van der Waals surface area (Å²) in [6.45, 7) is 0. The number of aromatic nitrogens is 1. The Hall–Kier alpha value is -1.41. The maximum Gasteiger partial charge on any atom is 0.417 e. The van der Waals surface area contributed by atoms with Crippen molar-refractivity contribution in [1.82, 2.24) is 4.98 Å². The molecule has 3 nitrogen and oxygen atoms in total. The number of alkyl halides is 3. The van der Waals surface area contributed by atoms with Gasteiger partial charge in [0.2, 0.25) is 5.91 Å². The van der Waals surface area contributed by atoms with Crippen molar-refractivity contribution in [3.05, 3.63) is 32.5 Å². The van der Waals surface area contributed by atoms with E-state index in [1.54, 1.807) is 7.05 Å². The van der Waals surface area contributed by atoms with Gasteiger partial charge >= 0.3 is 6.18 Å². The summed E-state index contributed by atoms with van der Waals surface area (Å²) in [4.78, 5) is 19.4. The van der Waals surface area contributed by atoms with Crippen molar-refractivity contribution < 1.29 is 18.0 Å². The van der Waals surface area contributed by atoms with E-state index in [9.17, 15) is 18.0 Å². The molecule has 0 spiro atoms. The van der Waals surface area contributed by atoms with Crippen molar-refractivity contribution in [2.24, 2.45) is 0 Å². The van der Waals surface area contributed by atoms with Crippen LogP contribution in [-0.2, 0) is 30.2 Å². The van der Waals surface area contributed by atoms with Gasteiger partial charge in [-0.05, 0) is 37.1 Å². The van der Waals surface area contributed by atoms with Crippen LogP contribution in [-0.4, -0.2) is 17.9 Å². The normalized spacial score (nSPS) is 14.6. The molecule has 0 aromatic carbocycles. The van der Waals surface area contributed by atoms with Crippen molar-refractivity contribution >= 4 is 33.7 Å². The Labute approximate surface area is 139 Å². The third-order valence-electron chi connectivity index (χ3n) is 3.86. The SMILES string of the molecule is CN(C(=O)Cc1sccc1C(F)(F)F)c1nc2c(s1)CCCC2. The average Bonchev–Trinajstić information content (AvgIpc) is 3.11. The summed E-state index contributed by atoms with van der Waals surface area (Å²) in [6.07, 6.45) is -0.578. The van der Waals surface area contributed by atoms with Gasteiger partial charge in [-0.3, -0.25) is 9.69 Å². The first kappa shape index (κ1) is 16.4. The second kappa shape index (κ2) is 6.24. The number of thiophene rings is 1. The number of aryl methyl sites for hydroxylation is 2. The van der Waals surface area contributed by atoms with E-state index in [4.69, 9.17) is 0 Å². The molecule has 23 heavy (non-hydrogen) atoms. The zero-order chi connectivity index (χ0) is 16.6. The molecular formula is C15H15F3N2OS2. The molecule has 0 unspecified atom stereocenters. The molecule has 0 aliphatic heterocycles. The number of likely N-dealkylation sites (N-methyl/N-ethyl adjacent to an activating group) is 1. The Morgan fingerprint density at radius 1 is 1.35 bits per heavy atom. The fourth-order valence-corrected chi connectivity index (χ4v) is 4.59. The van der Waals surface area contributed by atoms with Crippen molar-refractivity contribution in [1.29, 1.82) is 0 Å². The van der Waals surface area contributed by atoms with E-state index in [1.807, 2.05) is 0 Å². The van der Waals surface area contributed by atoms with Gasteiger partial charge in [0.15, 0.2) is 5.13 Å². The van der Waals surface area contributed by atoms with Crippen LogP contribution in [0.3, 0.4) is 0 Å². The maximum atomic E-state index is 12.9. The Kier molecular flexibility index (Phi) is 4.46. The van der Waals surface area contributed by atoms with E-state index in [0.29, 0.717) is 5.13 Å². The Morgan fingerprint density at radius 2 is 2.09 bits per heavy atom. The molecule has 1 aliphatic carbocycles. The molecule has 2 aromatic heterocycles. The number of anilines is 1. The fraction of sp³-hybridized carbons (Fsp3) is 0.467. The molecule has 1 amide bonds. The summed E-state index contributed by atoms with van der Waals surface area (Å²) < 4.78 is 38.6. The Morgan fingerprint density at radius 3 is 2.78 bits per heavy atom. The van der Waals surface area contributed by atoms with Gasteiger partial charge in [0.1, 0.15) is 0 Å². The predicted molar refractivity (Wildman–Crippen MR) is 85.2 cm³/mol. The summed E-state index contributed by atoms with van der Waals surface area (Å²) >= 11 is 2.43. The zero-order valence-electron chi connectivity index (χ0n) is 12.4. The topological polar surface area (TPSA) is 33.2 Å². The van der Waals surface area contributed by atoms with E-state index >= 15 is 0 Å². The van der Waals surface area contributed by atoms with Gasteiger partial charge in [-0.15, -0.1) is 22.7 Å². The van der Waals surface area contributed by atoms with Crippen LogP contribution in [0.2, 0.25) is 0 Å². The second-order valence-corrected chi connectivity index (χ2v) is 7.52. The lowest BCUT2D eigenvalue weighted by Gasteiger charge is -2.14. The van der Waals surface area contributed by atoms with Crippen LogP contribution in [0.15, 0.2) is 11.4 Å². The smallest absolute Gasteiger partial charge is 0.291 e.